The van der Waals surface area contributed by atoms with Gasteiger partial charge in [0.2, 0.25) is 0 Å². The zero-order valence-electron chi connectivity index (χ0n) is 11.3. The summed E-state index contributed by atoms with van der Waals surface area (Å²) >= 11 is 0. The van der Waals surface area contributed by atoms with Crippen LogP contribution in [0.15, 0.2) is 24.3 Å². The predicted molar refractivity (Wildman–Crippen MR) is 74.0 cm³/mol. The highest BCUT2D eigenvalue weighted by Gasteiger charge is 2.17. The summed E-state index contributed by atoms with van der Waals surface area (Å²) in [6.45, 7) is 5.25. The maximum atomic E-state index is 12.2. The van der Waals surface area contributed by atoms with Gasteiger partial charge in [0.25, 0.3) is 0 Å². The molecule has 3 heteroatoms. The molecule has 0 saturated carbocycles. The first-order chi connectivity index (χ1) is 8.72. The minimum atomic E-state index is -0.0580. The van der Waals surface area contributed by atoms with Crippen LogP contribution in [0.4, 0.5) is 0 Å². The fraction of sp³-hybridized carbons (Fsp3) is 0.533. The zero-order chi connectivity index (χ0) is 13.4. The average Bonchev–Trinajstić information content (AvgIpc) is 2.42. The lowest BCUT2D eigenvalue weighted by molar-refractivity contribution is 0.0917. The quantitative estimate of drug-likeness (QED) is 0.720. The molecule has 0 fully saturated rings. The Labute approximate surface area is 109 Å². The minimum absolute atomic E-state index is 0.0580. The van der Waals surface area contributed by atoms with Gasteiger partial charge in [-0.1, -0.05) is 20.3 Å². The molecule has 2 N–H and O–H groups in total. The van der Waals surface area contributed by atoms with E-state index in [0.717, 1.165) is 30.6 Å². The molecule has 1 atom stereocenters. The molecular formula is C15H23NO2. The highest BCUT2D eigenvalue weighted by atomic mass is 16.5. The highest BCUT2D eigenvalue weighted by molar-refractivity contribution is 5.98. The molecule has 0 heterocycles. The van der Waals surface area contributed by atoms with Crippen LogP contribution < -0.4 is 10.5 Å². The standard InChI is InChI=1S/C15H23NO2/c1-3-5-13(11-16)15(17)12-6-8-14(9-7-12)18-10-4-2/h6-9,13H,3-5,10-11,16H2,1-2H3. The Morgan fingerprint density at radius 1 is 1.22 bits per heavy atom. The van der Waals surface area contributed by atoms with Crippen LogP contribution in [0, 0.1) is 5.92 Å². The van der Waals surface area contributed by atoms with Gasteiger partial charge in [0.1, 0.15) is 5.75 Å². The summed E-state index contributed by atoms with van der Waals surface area (Å²) < 4.78 is 5.49. The fourth-order valence-electron chi connectivity index (χ4n) is 1.88. The molecule has 0 radical (unpaired) electrons. The largest absolute Gasteiger partial charge is 0.494 e. The lowest BCUT2D eigenvalue weighted by atomic mass is 9.94. The van der Waals surface area contributed by atoms with E-state index in [1.165, 1.54) is 0 Å². The van der Waals surface area contributed by atoms with Gasteiger partial charge < -0.3 is 10.5 Å². The van der Waals surface area contributed by atoms with Crippen LogP contribution in [0.5, 0.6) is 5.75 Å². The Morgan fingerprint density at radius 3 is 2.39 bits per heavy atom. The zero-order valence-corrected chi connectivity index (χ0v) is 11.3. The smallest absolute Gasteiger partial charge is 0.167 e. The minimum Gasteiger partial charge on any atom is -0.494 e. The van der Waals surface area contributed by atoms with Gasteiger partial charge in [0.05, 0.1) is 6.61 Å². The number of rotatable bonds is 8. The molecular weight excluding hydrogens is 226 g/mol. The molecule has 1 aromatic carbocycles. The van der Waals surface area contributed by atoms with Gasteiger partial charge in [-0.25, -0.2) is 0 Å². The van der Waals surface area contributed by atoms with Crippen molar-refractivity contribution in [2.45, 2.75) is 33.1 Å². The number of Topliss-reactive ketones (excluding diaryl/α,β-unsaturated/α-hetero) is 1. The van der Waals surface area contributed by atoms with Crippen molar-refractivity contribution in [1.82, 2.24) is 0 Å². The molecule has 0 aliphatic heterocycles. The second-order valence-corrected chi connectivity index (χ2v) is 4.46. The number of hydrogen-bond acceptors (Lipinski definition) is 3. The molecule has 0 bridgehead atoms. The lowest BCUT2D eigenvalue weighted by Gasteiger charge is -2.12. The summed E-state index contributed by atoms with van der Waals surface area (Å²) in [6.07, 6.45) is 2.81. The third-order valence-corrected chi connectivity index (χ3v) is 2.90. The van der Waals surface area contributed by atoms with E-state index in [4.69, 9.17) is 10.5 Å². The Kier molecular flexibility index (Phi) is 6.44. The second kappa shape index (κ2) is 7.88. The number of ether oxygens (including phenoxy) is 1. The van der Waals surface area contributed by atoms with E-state index in [1.54, 1.807) is 0 Å². The molecule has 1 unspecified atom stereocenters. The van der Waals surface area contributed by atoms with Crippen molar-refractivity contribution in [2.24, 2.45) is 11.7 Å². The van der Waals surface area contributed by atoms with Crippen molar-refractivity contribution in [3.05, 3.63) is 29.8 Å². The van der Waals surface area contributed by atoms with Crippen LogP contribution in [0.25, 0.3) is 0 Å². The molecule has 1 rings (SSSR count). The Hall–Kier alpha value is -1.35. The molecule has 0 amide bonds. The summed E-state index contributed by atoms with van der Waals surface area (Å²) in [5.74, 6) is 0.895. The fourth-order valence-corrected chi connectivity index (χ4v) is 1.88. The van der Waals surface area contributed by atoms with Crippen molar-refractivity contribution in [1.29, 1.82) is 0 Å². The van der Waals surface area contributed by atoms with Gasteiger partial charge in [-0.3, -0.25) is 4.79 Å². The summed E-state index contributed by atoms with van der Waals surface area (Å²) in [5, 5.41) is 0. The van der Waals surface area contributed by atoms with E-state index in [1.807, 2.05) is 24.3 Å². The van der Waals surface area contributed by atoms with Crippen molar-refractivity contribution < 1.29 is 9.53 Å². The third-order valence-electron chi connectivity index (χ3n) is 2.90. The van der Waals surface area contributed by atoms with Crippen molar-refractivity contribution in [3.63, 3.8) is 0 Å². The molecule has 0 aromatic heterocycles. The first-order valence-corrected chi connectivity index (χ1v) is 6.70. The summed E-state index contributed by atoms with van der Waals surface area (Å²) in [6, 6.07) is 7.35. The second-order valence-electron chi connectivity index (χ2n) is 4.46. The normalized spacial score (nSPS) is 12.2. The van der Waals surface area contributed by atoms with Crippen LogP contribution in [0.2, 0.25) is 0 Å². The lowest BCUT2D eigenvalue weighted by Crippen LogP contribution is -2.23. The van der Waals surface area contributed by atoms with Crippen molar-refractivity contribution in [2.75, 3.05) is 13.2 Å². The number of hydrogen-bond donors (Lipinski definition) is 1. The summed E-state index contributed by atoms with van der Waals surface area (Å²) in [5.41, 5.74) is 6.37. The van der Waals surface area contributed by atoms with Gasteiger partial charge in [-0.15, -0.1) is 0 Å². The van der Waals surface area contributed by atoms with Crippen LogP contribution in [-0.2, 0) is 0 Å². The SMILES string of the molecule is CCCOc1ccc(C(=O)C(CN)CCC)cc1. The molecule has 0 aliphatic carbocycles. The van der Waals surface area contributed by atoms with E-state index < -0.39 is 0 Å². The van der Waals surface area contributed by atoms with Gasteiger partial charge >= 0.3 is 0 Å². The van der Waals surface area contributed by atoms with Crippen molar-refractivity contribution in [3.8, 4) is 5.75 Å². The molecule has 0 spiro atoms. The number of carbonyl (C=O) groups excluding carboxylic acids is 1. The number of carbonyl (C=O) groups is 1. The van der Waals surface area contributed by atoms with E-state index in [2.05, 4.69) is 13.8 Å². The molecule has 0 aliphatic rings. The Morgan fingerprint density at radius 2 is 1.89 bits per heavy atom. The molecule has 0 saturated heterocycles. The predicted octanol–water partition coefficient (Wildman–Crippen LogP) is 3.03. The van der Waals surface area contributed by atoms with Crippen LogP contribution in [-0.4, -0.2) is 18.9 Å². The van der Waals surface area contributed by atoms with Crippen molar-refractivity contribution >= 4 is 5.78 Å². The topological polar surface area (TPSA) is 52.3 Å². The molecule has 1 aromatic rings. The van der Waals surface area contributed by atoms with Gasteiger partial charge in [-0.2, -0.15) is 0 Å². The van der Waals surface area contributed by atoms with E-state index >= 15 is 0 Å². The first-order valence-electron chi connectivity index (χ1n) is 6.70. The van der Waals surface area contributed by atoms with Crippen LogP contribution in [0.1, 0.15) is 43.5 Å². The maximum absolute atomic E-state index is 12.2. The molecule has 100 valence electrons. The highest BCUT2D eigenvalue weighted by Crippen LogP contribution is 2.17. The van der Waals surface area contributed by atoms with Gasteiger partial charge in [-0.05, 0) is 37.1 Å². The molecule has 18 heavy (non-hydrogen) atoms. The third kappa shape index (κ3) is 4.15. The van der Waals surface area contributed by atoms with E-state index in [9.17, 15) is 4.79 Å². The number of benzene rings is 1. The average molecular weight is 249 g/mol. The number of nitrogens with two attached hydrogens (primary N) is 1. The summed E-state index contributed by atoms with van der Waals surface area (Å²) in [7, 11) is 0. The van der Waals surface area contributed by atoms with Crippen LogP contribution >= 0.6 is 0 Å². The van der Waals surface area contributed by atoms with Gasteiger partial charge in [0, 0.05) is 18.0 Å². The monoisotopic (exact) mass is 249 g/mol. The van der Waals surface area contributed by atoms with E-state index in [0.29, 0.717) is 13.2 Å². The first kappa shape index (κ1) is 14.7. The Balaban J connectivity index is 2.68. The maximum Gasteiger partial charge on any atom is 0.167 e. The van der Waals surface area contributed by atoms with Gasteiger partial charge in [0.15, 0.2) is 5.78 Å². The molecule has 3 nitrogen and oxygen atoms in total. The van der Waals surface area contributed by atoms with E-state index in [-0.39, 0.29) is 11.7 Å². The summed E-state index contributed by atoms with van der Waals surface area (Å²) in [4.78, 5) is 12.2. The number of ketones is 1. The Bertz CT molecular complexity index is 359. The van der Waals surface area contributed by atoms with Crippen LogP contribution in [0.3, 0.4) is 0 Å².